The second kappa shape index (κ2) is 5.21. The van der Waals surface area contributed by atoms with Crippen LogP contribution in [0.3, 0.4) is 0 Å². The van der Waals surface area contributed by atoms with Gasteiger partial charge in [-0.15, -0.1) is 0 Å². The van der Waals surface area contributed by atoms with Gasteiger partial charge < -0.3 is 10.1 Å². The Morgan fingerprint density at radius 3 is 2.79 bits per heavy atom. The summed E-state index contributed by atoms with van der Waals surface area (Å²) in [5, 5.41) is 3.26. The van der Waals surface area contributed by atoms with E-state index in [4.69, 9.17) is 4.74 Å². The third-order valence-corrected chi connectivity index (χ3v) is 3.64. The highest BCUT2D eigenvalue weighted by atomic mass is 79.9. The van der Waals surface area contributed by atoms with Gasteiger partial charge in [-0.25, -0.2) is 4.39 Å². The van der Waals surface area contributed by atoms with E-state index in [9.17, 15) is 4.39 Å². The van der Waals surface area contributed by atoms with Crippen molar-refractivity contribution < 1.29 is 9.13 Å². The monoisotopic (exact) mass is 321 g/mol. The van der Waals surface area contributed by atoms with Crippen molar-refractivity contribution >= 4 is 21.6 Å². The first-order chi connectivity index (χ1) is 9.20. The molecule has 0 aromatic heterocycles. The summed E-state index contributed by atoms with van der Waals surface area (Å²) < 4.78 is 19.7. The zero-order chi connectivity index (χ0) is 13.2. The number of benzene rings is 2. The summed E-state index contributed by atoms with van der Waals surface area (Å²) in [6.45, 7) is 0.706. The average molecular weight is 322 g/mol. The lowest BCUT2D eigenvalue weighted by atomic mass is 10.1. The molecule has 1 heterocycles. The largest absolute Gasteiger partial charge is 0.488 e. The van der Waals surface area contributed by atoms with Crippen molar-refractivity contribution in [1.29, 1.82) is 0 Å². The van der Waals surface area contributed by atoms with Crippen molar-refractivity contribution in [2.75, 3.05) is 11.9 Å². The van der Waals surface area contributed by atoms with Gasteiger partial charge in [0.1, 0.15) is 17.7 Å². The number of ether oxygens (including phenoxy) is 1. The molecular formula is C15H13BrFNO. The maximum atomic E-state index is 12.8. The molecule has 2 aromatic carbocycles. The van der Waals surface area contributed by atoms with Crippen LogP contribution in [0.5, 0.6) is 5.75 Å². The van der Waals surface area contributed by atoms with Crippen molar-refractivity contribution in [3.8, 4) is 5.75 Å². The van der Waals surface area contributed by atoms with Gasteiger partial charge in [0.2, 0.25) is 0 Å². The van der Waals surface area contributed by atoms with Crippen LogP contribution in [0.15, 0.2) is 46.9 Å². The lowest BCUT2D eigenvalue weighted by Gasteiger charge is -2.12. The summed E-state index contributed by atoms with van der Waals surface area (Å²) in [6, 6.07) is 12.4. The molecule has 0 spiro atoms. The van der Waals surface area contributed by atoms with Crippen LogP contribution in [0.4, 0.5) is 10.1 Å². The number of rotatable bonds is 3. The van der Waals surface area contributed by atoms with Crippen LogP contribution in [-0.4, -0.2) is 12.6 Å². The predicted octanol–water partition coefficient (Wildman–Crippen LogP) is 4.00. The van der Waals surface area contributed by atoms with Crippen molar-refractivity contribution in [2.24, 2.45) is 0 Å². The smallest absolute Gasteiger partial charge is 0.123 e. The normalized spacial score (nSPS) is 16.8. The molecule has 1 aliphatic rings. The van der Waals surface area contributed by atoms with Gasteiger partial charge in [0.25, 0.3) is 0 Å². The molecule has 98 valence electrons. The number of halogens is 2. The predicted molar refractivity (Wildman–Crippen MR) is 77.2 cm³/mol. The molecular weight excluding hydrogens is 309 g/mol. The van der Waals surface area contributed by atoms with E-state index < -0.39 is 0 Å². The standard InChI is InChI=1S/C15H13BrFNO/c16-11-1-6-15-10(7-11)8-14(19-15)9-18-13-4-2-12(17)3-5-13/h1-7,14,18H,8-9H2. The Morgan fingerprint density at radius 1 is 1.21 bits per heavy atom. The molecule has 1 aliphatic heterocycles. The number of hydrogen-bond acceptors (Lipinski definition) is 2. The van der Waals surface area contributed by atoms with Crippen molar-refractivity contribution in [3.05, 3.63) is 58.3 Å². The molecule has 1 unspecified atom stereocenters. The Balaban J connectivity index is 1.60. The second-order valence-electron chi connectivity index (χ2n) is 4.58. The molecule has 0 bridgehead atoms. The van der Waals surface area contributed by atoms with E-state index in [1.165, 1.54) is 17.7 Å². The summed E-state index contributed by atoms with van der Waals surface area (Å²) in [6.07, 6.45) is 1.01. The van der Waals surface area contributed by atoms with Crippen molar-refractivity contribution in [3.63, 3.8) is 0 Å². The van der Waals surface area contributed by atoms with Gasteiger partial charge in [-0.05, 0) is 48.0 Å². The van der Waals surface area contributed by atoms with Crippen LogP contribution in [-0.2, 0) is 6.42 Å². The molecule has 2 aromatic rings. The minimum Gasteiger partial charge on any atom is -0.488 e. The van der Waals surface area contributed by atoms with Gasteiger partial charge in [0.15, 0.2) is 0 Å². The molecule has 2 nitrogen and oxygen atoms in total. The molecule has 0 amide bonds. The van der Waals surface area contributed by atoms with Gasteiger partial charge in [0, 0.05) is 16.6 Å². The van der Waals surface area contributed by atoms with Gasteiger partial charge in [-0.1, -0.05) is 15.9 Å². The summed E-state index contributed by atoms with van der Waals surface area (Å²) in [5.41, 5.74) is 2.13. The zero-order valence-corrected chi connectivity index (χ0v) is 11.8. The SMILES string of the molecule is Fc1ccc(NCC2Cc3cc(Br)ccc3O2)cc1. The fourth-order valence-electron chi connectivity index (χ4n) is 2.20. The van der Waals surface area contributed by atoms with E-state index in [0.29, 0.717) is 6.54 Å². The van der Waals surface area contributed by atoms with E-state index in [-0.39, 0.29) is 11.9 Å². The lowest BCUT2D eigenvalue weighted by Crippen LogP contribution is -2.23. The Kier molecular flexibility index (Phi) is 3.42. The highest BCUT2D eigenvalue weighted by molar-refractivity contribution is 9.10. The third-order valence-electron chi connectivity index (χ3n) is 3.14. The Hall–Kier alpha value is -1.55. The van der Waals surface area contributed by atoms with Crippen LogP contribution < -0.4 is 10.1 Å². The quantitative estimate of drug-likeness (QED) is 0.922. The van der Waals surface area contributed by atoms with Crippen molar-refractivity contribution in [1.82, 2.24) is 0 Å². The van der Waals surface area contributed by atoms with Crippen molar-refractivity contribution in [2.45, 2.75) is 12.5 Å². The topological polar surface area (TPSA) is 21.3 Å². The number of fused-ring (bicyclic) bond motifs is 1. The average Bonchev–Trinajstić information content (AvgIpc) is 2.80. The van der Waals surface area contributed by atoms with Crippen LogP contribution in [0.2, 0.25) is 0 Å². The maximum absolute atomic E-state index is 12.8. The Bertz CT molecular complexity index is 585. The van der Waals surface area contributed by atoms with Gasteiger partial charge in [-0.2, -0.15) is 0 Å². The van der Waals surface area contributed by atoms with E-state index in [0.717, 1.165) is 22.3 Å². The van der Waals surface area contributed by atoms with Gasteiger partial charge in [-0.3, -0.25) is 0 Å². The number of nitrogens with one attached hydrogen (secondary N) is 1. The molecule has 0 fully saturated rings. The van der Waals surface area contributed by atoms with Crippen LogP contribution >= 0.6 is 15.9 Å². The van der Waals surface area contributed by atoms with E-state index in [1.807, 2.05) is 12.1 Å². The molecule has 1 N–H and O–H groups in total. The molecule has 3 rings (SSSR count). The van der Waals surface area contributed by atoms with Crippen LogP contribution in [0.25, 0.3) is 0 Å². The summed E-state index contributed by atoms with van der Waals surface area (Å²) in [4.78, 5) is 0. The fourth-order valence-corrected chi connectivity index (χ4v) is 2.61. The van der Waals surface area contributed by atoms with E-state index >= 15 is 0 Å². The Labute approximate surface area is 119 Å². The van der Waals surface area contributed by atoms with E-state index in [1.54, 1.807) is 12.1 Å². The molecule has 4 heteroatoms. The number of anilines is 1. The maximum Gasteiger partial charge on any atom is 0.123 e. The minimum absolute atomic E-state index is 0.120. The molecule has 19 heavy (non-hydrogen) atoms. The second-order valence-corrected chi connectivity index (χ2v) is 5.50. The van der Waals surface area contributed by atoms with E-state index in [2.05, 4.69) is 27.3 Å². The number of hydrogen-bond donors (Lipinski definition) is 1. The van der Waals surface area contributed by atoms with Crippen LogP contribution in [0, 0.1) is 5.82 Å². The molecule has 1 atom stereocenters. The highest BCUT2D eigenvalue weighted by Crippen LogP contribution is 2.31. The lowest BCUT2D eigenvalue weighted by molar-refractivity contribution is 0.246. The first-order valence-corrected chi connectivity index (χ1v) is 6.94. The molecule has 0 aliphatic carbocycles. The van der Waals surface area contributed by atoms with Gasteiger partial charge in [0.05, 0.1) is 6.54 Å². The third kappa shape index (κ3) is 2.89. The zero-order valence-electron chi connectivity index (χ0n) is 10.2. The summed E-state index contributed by atoms with van der Waals surface area (Å²) in [5.74, 6) is 0.731. The minimum atomic E-state index is -0.222. The first-order valence-electron chi connectivity index (χ1n) is 6.15. The summed E-state index contributed by atoms with van der Waals surface area (Å²) >= 11 is 3.46. The molecule has 0 saturated heterocycles. The summed E-state index contributed by atoms with van der Waals surface area (Å²) in [7, 11) is 0. The Morgan fingerprint density at radius 2 is 2.00 bits per heavy atom. The highest BCUT2D eigenvalue weighted by Gasteiger charge is 2.22. The fraction of sp³-hybridized carbons (Fsp3) is 0.200. The molecule has 0 radical (unpaired) electrons. The van der Waals surface area contributed by atoms with Crippen LogP contribution in [0.1, 0.15) is 5.56 Å². The first kappa shape index (κ1) is 12.5. The molecule has 0 saturated carbocycles. The van der Waals surface area contributed by atoms with Gasteiger partial charge >= 0.3 is 0 Å².